The highest BCUT2D eigenvalue weighted by Crippen LogP contribution is 2.13. The highest BCUT2D eigenvalue weighted by molar-refractivity contribution is 6.02. The first kappa shape index (κ1) is 21.6. The van der Waals surface area contributed by atoms with E-state index in [4.69, 9.17) is 4.74 Å². The van der Waals surface area contributed by atoms with Crippen LogP contribution in [0.5, 0.6) is 5.75 Å². The molecule has 0 aliphatic carbocycles. The van der Waals surface area contributed by atoms with Crippen molar-refractivity contribution in [2.75, 3.05) is 26.7 Å². The second-order valence-electron chi connectivity index (χ2n) is 6.76. The smallest absolute Gasteiger partial charge is 0.251 e. The molecule has 2 aromatic rings. The van der Waals surface area contributed by atoms with Gasteiger partial charge in [0.05, 0.1) is 13.7 Å². The molecule has 0 aliphatic heterocycles. The molecule has 150 valence electrons. The number of methoxy groups -OCH3 is 1. The number of hydrogen-bond acceptors (Lipinski definition) is 4. The van der Waals surface area contributed by atoms with Crippen molar-refractivity contribution in [2.24, 2.45) is 0 Å². The minimum Gasteiger partial charge on any atom is -0.497 e. The number of unbranched alkanes of at least 4 members (excludes halogenated alkanes) is 1. The van der Waals surface area contributed by atoms with Gasteiger partial charge < -0.3 is 10.1 Å². The van der Waals surface area contributed by atoms with Crippen LogP contribution in [-0.2, 0) is 6.54 Å². The molecule has 0 unspecified atom stereocenters. The van der Waals surface area contributed by atoms with Crippen LogP contribution in [0.25, 0.3) is 0 Å². The molecule has 1 N–H and O–H groups in total. The molecule has 0 atom stereocenters. The van der Waals surface area contributed by atoms with Crippen LogP contribution in [0.3, 0.4) is 0 Å². The summed E-state index contributed by atoms with van der Waals surface area (Å²) in [6, 6.07) is 14.5. The molecule has 0 radical (unpaired) electrons. The topological polar surface area (TPSA) is 58.6 Å². The van der Waals surface area contributed by atoms with E-state index in [2.05, 4.69) is 24.1 Å². The zero-order valence-corrected chi connectivity index (χ0v) is 17.0. The summed E-state index contributed by atoms with van der Waals surface area (Å²) in [6.45, 7) is 7.14. The van der Waals surface area contributed by atoms with Gasteiger partial charge >= 0.3 is 0 Å². The van der Waals surface area contributed by atoms with Crippen LogP contribution in [0.4, 0.5) is 0 Å². The first-order chi connectivity index (χ1) is 13.6. The van der Waals surface area contributed by atoms with Gasteiger partial charge in [-0.1, -0.05) is 44.5 Å². The third kappa shape index (κ3) is 6.50. The van der Waals surface area contributed by atoms with Crippen LogP contribution in [0.15, 0.2) is 48.5 Å². The van der Waals surface area contributed by atoms with Crippen molar-refractivity contribution in [3.8, 4) is 5.75 Å². The third-order valence-electron chi connectivity index (χ3n) is 4.67. The van der Waals surface area contributed by atoms with E-state index in [-0.39, 0.29) is 18.2 Å². The highest BCUT2D eigenvalue weighted by atomic mass is 16.5. The molecule has 5 heteroatoms. The van der Waals surface area contributed by atoms with Crippen molar-refractivity contribution < 1.29 is 14.3 Å². The van der Waals surface area contributed by atoms with Crippen LogP contribution < -0.4 is 10.1 Å². The van der Waals surface area contributed by atoms with Crippen molar-refractivity contribution in [3.05, 3.63) is 65.2 Å². The Morgan fingerprint density at radius 1 is 1.04 bits per heavy atom. The number of nitrogens with one attached hydrogen (secondary N) is 1. The summed E-state index contributed by atoms with van der Waals surface area (Å²) in [7, 11) is 1.56. The Balaban J connectivity index is 1.95. The van der Waals surface area contributed by atoms with Crippen LogP contribution >= 0.6 is 0 Å². The lowest BCUT2D eigenvalue weighted by atomic mass is 10.1. The van der Waals surface area contributed by atoms with Gasteiger partial charge in [0.2, 0.25) is 0 Å². The average molecular weight is 383 g/mol. The molecule has 0 bridgehead atoms. The minimum absolute atomic E-state index is 0.0478. The summed E-state index contributed by atoms with van der Waals surface area (Å²) in [6.07, 6.45) is 2.33. The Hall–Kier alpha value is -2.66. The Morgan fingerprint density at radius 2 is 1.79 bits per heavy atom. The number of amides is 1. The first-order valence-corrected chi connectivity index (χ1v) is 9.84. The summed E-state index contributed by atoms with van der Waals surface area (Å²) >= 11 is 0. The molecule has 5 nitrogen and oxygen atoms in total. The Morgan fingerprint density at radius 3 is 2.50 bits per heavy atom. The molecule has 0 spiro atoms. The van der Waals surface area contributed by atoms with Crippen molar-refractivity contribution >= 4 is 11.7 Å². The third-order valence-corrected chi connectivity index (χ3v) is 4.67. The minimum atomic E-state index is -0.241. The fraction of sp³-hybridized carbons (Fsp3) is 0.391. The number of ether oxygens (including phenoxy) is 1. The normalized spacial score (nSPS) is 10.7. The molecule has 28 heavy (non-hydrogen) atoms. The summed E-state index contributed by atoms with van der Waals surface area (Å²) in [5.41, 5.74) is 2.19. The lowest BCUT2D eigenvalue weighted by molar-refractivity contribution is 0.0904. The maximum atomic E-state index is 12.5. The maximum absolute atomic E-state index is 12.5. The van der Waals surface area contributed by atoms with E-state index in [9.17, 15) is 9.59 Å². The number of carbonyl (C=O) groups is 2. The van der Waals surface area contributed by atoms with Crippen LogP contribution in [-0.4, -0.2) is 43.3 Å². The molecule has 0 saturated heterocycles. The second-order valence-corrected chi connectivity index (χ2v) is 6.76. The predicted molar refractivity (Wildman–Crippen MR) is 112 cm³/mol. The molecule has 2 aromatic carbocycles. The zero-order chi connectivity index (χ0) is 20.4. The van der Waals surface area contributed by atoms with E-state index >= 15 is 0 Å². The number of nitrogens with zero attached hydrogens (tertiary/aromatic N) is 1. The van der Waals surface area contributed by atoms with Crippen LogP contribution in [0, 0.1) is 0 Å². The average Bonchev–Trinajstić information content (AvgIpc) is 2.74. The Labute approximate surface area is 167 Å². The number of carbonyl (C=O) groups excluding carboxylic acids is 2. The van der Waals surface area contributed by atoms with Gasteiger partial charge in [-0.25, -0.2) is 0 Å². The van der Waals surface area contributed by atoms with Crippen molar-refractivity contribution in [2.45, 2.75) is 33.2 Å². The number of benzene rings is 2. The summed E-state index contributed by atoms with van der Waals surface area (Å²) in [5, 5.41) is 2.72. The maximum Gasteiger partial charge on any atom is 0.251 e. The first-order valence-electron chi connectivity index (χ1n) is 9.84. The molecular weight excluding hydrogens is 352 g/mol. The fourth-order valence-electron chi connectivity index (χ4n) is 2.96. The second kappa shape index (κ2) is 11.2. The Kier molecular flexibility index (Phi) is 8.69. The molecule has 1 amide bonds. The summed E-state index contributed by atoms with van der Waals surface area (Å²) in [4.78, 5) is 27.2. The standard InChI is InChI=1S/C23H30N2O3/c1-4-6-13-25(5-2)17-18-9-7-11-20(14-18)23(27)24-16-22(26)19-10-8-12-21(15-19)28-3/h7-12,14-15H,4-6,13,16-17H2,1-3H3,(H,24,27). The largest absolute Gasteiger partial charge is 0.497 e. The molecule has 0 saturated carbocycles. The van der Waals surface area contributed by atoms with Gasteiger partial charge in [0.1, 0.15) is 5.75 Å². The molecule has 0 aliphatic rings. The van der Waals surface area contributed by atoms with E-state index in [1.54, 1.807) is 37.4 Å². The molecule has 0 aromatic heterocycles. The van der Waals surface area contributed by atoms with E-state index < -0.39 is 0 Å². The number of ketones is 1. The van der Waals surface area contributed by atoms with Gasteiger partial charge in [-0.2, -0.15) is 0 Å². The summed E-state index contributed by atoms with van der Waals surface area (Å²) < 4.78 is 5.13. The predicted octanol–water partition coefficient (Wildman–Crippen LogP) is 3.93. The van der Waals surface area contributed by atoms with Crippen LogP contribution in [0.1, 0.15) is 53.0 Å². The lowest BCUT2D eigenvalue weighted by Crippen LogP contribution is -2.30. The van der Waals surface area contributed by atoms with Gasteiger partial charge in [-0.3, -0.25) is 14.5 Å². The van der Waals surface area contributed by atoms with E-state index in [0.29, 0.717) is 16.9 Å². The van der Waals surface area contributed by atoms with Crippen molar-refractivity contribution in [1.82, 2.24) is 10.2 Å². The quantitative estimate of drug-likeness (QED) is 0.598. The van der Waals surface area contributed by atoms with Gasteiger partial charge in [0.25, 0.3) is 5.91 Å². The van der Waals surface area contributed by atoms with E-state index in [0.717, 1.165) is 25.2 Å². The monoisotopic (exact) mass is 382 g/mol. The van der Waals surface area contributed by atoms with Gasteiger partial charge in [0.15, 0.2) is 5.78 Å². The lowest BCUT2D eigenvalue weighted by Gasteiger charge is -2.20. The fourth-order valence-corrected chi connectivity index (χ4v) is 2.96. The van der Waals surface area contributed by atoms with E-state index in [1.807, 2.05) is 18.2 Å². The molecule has 2 rings (SSSR count). The number of rotatable bonds is 11. The highest BCUT2D eigenvalue weighted by Gasteiger charge is 2.12. The zero-order valence-electron chi connectivity index (χ0n) is 17.0. The van der Waals surface area contributed by atoms with Gasteiger partial charge in [-0.15, -0.1) is 0 Å². The number of hydrogen-bond donors (Lipinski definition) is 1. The van der Waals surface area contributed by atoms with Crippen molar-refractivity contribution in [3.63, 3.8) is 0 Å². The molecule has 0 fully saturated rings. The van der Waals surface area contributed by atoms with Crippen molar-refractivity contribution in [1.29, 1.82) is 0 Å². The SMILES string of the molecule is CCCCN(CC)Cc1cccc(C(=O)NCC(=O)c2cccc(OC)c2)c1. The summed E-state index contributed by atoms with van der Waals surface area (Å²) in [5.74, 6) is 0.225. The Bertz CT molecular complexity index is 789. The molecular formula is C23H30N2O3. The van der Waals surface area contributed by atoms with Crippen LogP contribution in [0.2, 0.25) is 0 Å². The van der Waals surface area contributed by atoms with E-state index in [1.165, 1.54) is 12.8 Å². The van der Waals surface area contributed by atoms with Gasteiger partial charge in [-0.05, 0) is 49.3 Å². The van der Waals surface area contributed by atoms with Gasteiger partial charge in [0, 0.05) is 17.7 Å². The number of Topliss-reactive ketones (excluding diaryl/α,β-unsaturated/α-hetero) is 1. The molecule has 0 heterocycles.